The van der Waals surface area contributed by atoms with Crippen LogP contribution in [-0.4, -0.2) is 36.4 Å². The second-order valence-corrected chi connectivity index (χ2v) is 18.3. The van der Waals surface area contributed by atoms with Gasteiger partial charge in [-0.2, -0.15) is 0 Å². The first-order valence-corrected chi connectivity index (χ1v) is 28.1. The summed E-state index contributed by atoms with van der Waals surface area (Å²) in [6.45, 7) is 4.02. The van der Waals surface area contributed by atoms with Crippen LogP contribution in [0, 0.1) is 0 Å². The Morgan fingerprint density at radius 3 is 0.956 bits per heavy atom. The second-order valence-electron chi connectivity index (χ2n) is 18.3. The Labute approximate surface area is 420 Å². The molecule has 68 heavy (non-hydrogen) atoms. The van der Waals surface area contributed by atoms with Crippen LogP contribution in [0.3, 0.4) is 0 Å². The van der Waals surface area contributed by atoms with Crippen LogP contribution in [-0.2, 0) is 19.1 Å². The van der Waals surface area contributed by atoms with Crippen LogP contribution >= 0.6 is 0 Å². The molecule has 0 aromatic rings. The second kappa shape index (κ2) is 57.6. The highest BCUT2D eigenvalue weighted by Gasteiger charge is 2.16. The zero-order valence-electron chi connectivity index (χ0n) is 44.1. The van der Waals surface area contributed by atoms with Crippen LogP contribution in [0.4, 0.5) is 0 Å². The van der Waals surface area contributed by atoms with E-state index >= 15 is 0 Å². The lowest BCUT2D eigenvalue weighted by Crippen LogP contribution is -2.28. The van der Waals surface area contributed by atoms with Gasteiger partial charge in [-0.05, 0) is 89.9 Å². The van der Waals surface area contributed by atoms with Crippen molar-refractivity contribution >= 4 is 11.9 Å². The molecule has 1 atom stereocenters. The van der Waals surface area contributed by atoms with Crippen molar-refractivity contribution < 1.29 is 24.2 Å². The maximum Gasteiger partial charge on any atom is 0.306 e. The minimum absolute atomic E-state index is 0.0805. The minimum atomic E-state index is -0.793. The Morgan fingerprint density at radius 1 is 0.353 bits per heavy atom. The monoisotopic (exact) mass is 941 g/mol. The standard InChI is InChI=1S/C63H104O5/c1-3-5-7-9-11-13-15-17-19-21-23-24-25-26-27-28-29-30-31-32-33-34-35-36-37-38-40-42-44-46-48-50-52-54-56-58-63(66)68-61(59-64)60-67-62(65)57-55-53-51-49-47-45-43-41-39-22-20-18-16-14-12-10-8-6-4-2/h5,7,11,13,17,19,23-24,26-27,29-30,32-33,35-36,38,40,44,46,61,64H,3-4,6,8-10,12,14-16,18,20-22,25,28,31,34,37,39,41-43,45,47-60H2,1-2H3/b7-5-,13-11-,19-17-,24-23-,27-26-,30-29-,33-32-,36-35-,40-38-,46-44-. The number of allylic oxidation sites excluding steroid dienone is 20. The third-order valence-electron chi connectivity index (χ3n) is 11.8. The van der Waals surface area contributed by atoms with Gasteiger partial charge < -0.3 is 14.6 Å². The summed E-state index contributed by atoms with van der Waals surface area (Å²) in [5, 5.41) is 9.64. The average Bonchev–Trinajstić information content (AvgIpc) is 3.34. The van der Waals surface area contributed by atoms with E-state index in [1.54, 1.807) is 0 Å². The summed E-state index contributed by atoms with van der Waals surface area (Å²) < 4.78 is 10.7. The van der Waals surface area contributed by atoms with Gasteiger partial charge in [0.15, 0.2) is 6.10 Å². The number of carbonyl (C=O) groups excluding carboxylic acids is 2. The maximum atomic E-state index is 12.3. The topological polar surface area (TPSA) is 72.8 Å². The molecule has 0 aromatic carbocycles. The third kappa shape index (κ3) is 54.9. The van der Waals surface area contributed by atoms with Gasteiger partial charge in [0.25, 0.3) is 0 Å². The number of aliphatic hydroxyl groups is 1. The van der Waals surface area contributed by atoms with Gasteiger partial charge in [0, 0.05) is 12.8 Å². The fourth-order valence-electron chi connectivity index (χ4n) is 7.58. The number of unbranched alkanes of at least 4 members (excludes halogenated alkanes) is 22. The molecular weight excluding hydrogens is 837 g/mol. The highest BCUT2D eigenvalue weighted by molar-refractivity contribution is 5.70. The van der Waals surface area contributed by atoms with Crippen molar-refractivity contribution in [2.75, 3.05) is 13.2 Å². The molecule has 5 nitrogen and oxygen atoms in total. The summed E-state index contributed by atoms with van der Waals surface area (Å²) in [5.41, 5.74) is 0. The van der Waals surface area contributed by atoms with Crippen LogP contribution < -0.4 is 0 Å². The van der Waals surface area contributed by atoms with E-state index in [1.165, 1.54) is 103 Å². The smallest absolute Gasteiger partial charge is 0.306 e. The molecule has 0 saturated carbocycles. The Bertz CT molecular complexity index is 1390. The number of ether oxygens (including phenoxy) is 2. The summed E-state index contributed by atoms with van der Waals surface area (Å²) >= 11 is 0. The Kier molecular flexibility index (Phi) is 54.5. The molecule has 0 radical (unpaired) electrons. The van der Waals surface area contributed by atoms with Crippen molar-refractivity contribution in [1.29, 1.82) is 0 Å². The lowest BCUT2D eigenvalue weighted by molar-refractivity contribution is -0.161. The van der Waals surface area contributed by atoms with Crippen LogP contribution in [0.2, 0.25) is 0 Å². The summed E-state index contributed by atoms with van der Waals surface area (Å²) in [7, 11) is 0. The lowest BCUT2D eigenvalue weighted by atomic mass is 10.0. The van der Waals surface area contributed by atoms with E-state index in [-0.39, 0.29) is 25.2 Å². The summed E-state index contributed by atoms with van der Waals surface area (Å²) in [5.74, 6) is -0.620. The van der Waals surface area contributed by atoms with Gasteiger partial charge in [-0.25, -0.2) is 0 Å². The first-order chi connectivity index (χ1) is 33.6. The van der Waals surface area contributed by atoms with Crippen LogP contribution in [0.15, 0.2) is 122 Å². The molecule has 0 aliphatic carbocycles. The summed E-state index contributed by atoms with van der Waals surface area (Å²) in [4.78, 5) is 24.5. The van der Waals surface area contributed by atoms with Crippen LogP contribution in [0.25, 0.3) is 0 Å². The quantitative estimate of drug-likeness (QED) is 0.0374. The fraction of sp³-hybridized carbons (Fsp3) is 0.651. The van der Waals surface area contributed by atoms with Crippen molar-refractivity contribution in [3.63, 3.8) is 0 Å². The molecule has 1 unspecified atom stereocenters. The molecule has 0 aliphatic heterocycles. The molecule has 0 heterocycles. The highest BCUT2D eigenvalue weighted by atomic mass is 16.6. The molecule has 0 spiro atoms. The van der Waals surface area contributed by atoms with Crippen molar-refractivity contribution in [3.05, 3.63) is 122 Å². The number of rotatable bonds is 50. The molecule has 0 fully saturated rings. The molecule has 5 heteroatoms. The molecule has 1 N–H and O–H groups in total. The van der Waals surface area contributed by atoms with E-state index in [4.69, 9.17) is 9.47 Å². The number of aliphatic hydroxyl groups excluding tert-OH is 1. The van der Waals surface area contributed by atoms with Crippen molar-refractivity contribution in [3.8, 4) is 0 Å². The Morgan fingerprint density at radius 2 is 0.632 bits per heavy atom. The lowest BCUT2D eigenvalue weighted by Gasteiger charge is -2.15. The van der Waals surface area contributed by atoms with Gasteiger partial charge in [-0.1, -0.05) is 264 Å². The zero-order valence-corrected chi connectivity index (χ0v) is 44.1. The largest absolute Gasteiger partial charge is 0.462 e. The highest BCUT2D eigenvalue weighted by Crippen LogP contribution is 2.15. The van der Waals surface area contributed by atoms with Gasteiger partial charge in [0.2, 0.25) is 0 Å². The molecule has 0 amide bonds. The summed E-state index contributed by atoms with van der Waals surface area (Å²) in [6, 6.07) is 0. The SMILES string of the molecule is CC/C=C\C/C=C\C/C=C\C/C=C\C/C=C\C/C=C\C/C=C\C/C=C\C/C=C\C/C=C\CCCCCCC(=O)OC(CO)COC(=O)CCCCCCCCCCCCCCCCCCCCC. The van der Waals surface area contributed by atoms with Crippen molar-refractivity contribution in [2.24, 2.45) is 0 Å². The normalized spacial score (nSPS) is 13.2. The van der Waals surface area contributed by atoms with E-state index in [0.29, 0.717) is 12.8 Å². The van der Waals surface area contributed by atoms with Gasteiger partial charge >= 0.3 is 11.9 Å². The summed E-state index contributed by atoms with van der Waals surface area (Å²) in [6.07, 6.45) is 84.5. The minimum Gasteiger partial charge on any atom is -0.462 e. The third-order valence-corrected chi connectivity index (χ3v) is 11.8. The van der Waals surface area contributed by atoms with Gasteiger partial charge in [-0.15, -0.1) is 0 Å². The molecule has 0 bridgehead atoms. The van der Waals surface area contributed by atoms with E-state index in [2.05, 4.69) is 135 Å². The maximum absolute atomic E-state index is 12.3. The van der Waals surface area contributed by atoms with E-state index < -0.39 is 6.10 Å². The van der Waals surface area contributed by atoms with Crippen LogP contribution in [0.1, 0.15) is 245 Å². The molecule has 0 rings (SSSR count). The zero-order chi connectivity index (χ0) is 49.2. The number of hydrogen-bond donors (Lipinski definition) is 1. The van der Waals surface area contributed by atoms with E-state index in [9.17, 15) is 14.7 Å². The van der Waals surface area contributed by atoms with Crippen molar-refractivity contribution in [1.82, 2.24) is 0 Å². The van der Waals surface area contributed by atoms with Crippen LogP contribution in [0.5, 0.6) is 0 Å². The number of carbonyl (C=O) groups is 2. The fourth-order valence-corrected chi connectivity index (χ4v) is 7.58. The van der Waals surface area contributed by atoms with Gasteiger partial charge in [0.05, 0.1) is 6.61 Å². The Balaban J connectivity index is 3.64. The predicted molar refractivity (Wildman–Crippen MR) is 297 cm³/mol. The van der Waals surface area contributed by atoms with E-state index in [1.807, 2.05) is 0 Å². The van der Waals surface area contributed by atoms with Crippen molar-refractivity contribution in [2.45, 2.75) is 251 Å². The number of esters is 2. The number of hydrogen-bond acceptors (Lipinski definition) is 5. The molecule has 0 aliphatic rings. The molecular formula is C63H104O5. The first-order valence-electron chi connectivity index (χ1n) is 28.1. The molecule has 386 valence electrons. The average molecular weight is 942 g/mol. The molecule has 0 saturated heterocycles. The predicted octanol–water partition coefficient (Wildman–Crippen LogP) is 19.1. The first kappa shape index (κ1) is 64.3. The van der Waals surface area contributed by atoms with E-state index in [0.717, 1.165) is 116 Å². The molecule has 0 aromatic heterocycles. The van der Waals surface area contributed by atoms with Gasteiger partial charge in [-0.3, -0.25) is 9.59 Å². The Hall–Kier alpha value is -3.70. The van der Waals surface area contributed by atoms with Gasteiger partial charge in [0.1, 0.15) is 6.61 Å².